The third kappa shape index (κ3) is 4.30. The van der Waals surface area contributed by atoms with Gasteiger partial charge in [0.05, 0.1) is 5.69 Å². The van der Waals surface area contributed by atoms with E-state index < -0.39 is 0 Å². The summed E-state index contributed by atoms with van der Waals surface area (Å²) in [6.45, 7) is 13.4. The van der Waals surface area contributed by atoms with Gasteiger partial charge < -0.3 is 15.2 Å². The number of fused-ring (bicyclic) bond motifs is 1. The van der Waals surface area contributed by atoms with E-state index in [1.807, 2.05) is 7.05 Å². The van der Waals surface area contributed by atoms with Crippen LogP contribution in [0.5, 0.6) is 0 Å². The molecule has 4 rings (SSSR count). The Hall–Kier alpha value is -2.17. The number of pyridine rings is 1. The minimum absolute atomic E-state index is 0.459. The number of likely N-dealkylation sites (tertiary alicyclic amines) is 1. The first-order valence-electron chi connectivity index (χ1n) is 11.4. The van der Waals surface area contributed by atoms with Crippen molar-refractivity contribution in [3.63, 3.8) is 0 Å². The summed E-state index contributed by atoms with van der Waals surface area (Å²) in [6.07, 6.45) is 2.51. The number of rotatable bonds is 6. The number of benzene rings is 1. The zero-order valence-corrected chi connectivity index (χ0v) is 19.2. The first-order chi connectivity index (χ1) is 14.5. The molecule has 0 radical (unpaired) electrons. The summed E-state index contributed by atoms with van der Waals surface area (Å²) in [5.41, 5.74) is 8.84. The molecular formula is C26H36N4. The van der Waals surface area contributed by atoms with Crippen molar-refractivity contribution < 1.29 is 0 Å². The van der Waals surface area contributed by atoms with E-state index in [0.29, 0.717) is 11.8 Å². The molecule has 2 N–H and O–H groups in total. The van der Waals surface area contributed by atoms with Crippen LogP contribution in [0.1, 0.15) is 61.0 Å². The monoisotopic (exact) mass is 404 g/mol. The minimum atomic E-state index is 0.459. The molecule has 2 aromatic heterocycles. The van der Waals surface area contributed by atoms with Gasteiger partial charge in [0.1, 0.15) is 0 Å². The SMILES string of the molecule is CNCCN1CCC(c2ccc3[nH]c(-c4cc(C)nc(C)c4)c(C(C)C)c3c2)CC1. The molecule has 0 unspecified atom stereocenters. The summed E-state index contributed by atoms with van der Waals surface area (Å²) in [7, 11) is 2.04. The smallest absolute Gasteiger partial charge is 0.0501 e. The van der Waals surface area contributed by atoms with Gasteiger partial charge in [-0.25, -0.2) is 0 Å². The molecule has 3 heterocycles. The van der Waals surface area contributed by atoms with Gasteiger partial charge in [-0.05, 0) is 94.1 Å². The van der Waals surface area contributed by atoms with Gasteiger partial charge in [0.25, 0.3) is 0 Å². The predicted octanol–water partition coefficient (Wildman–Crippen LogP) is 5.37. The Morgan fingerprint density at radius 2 is 1.80 bits per heavy atom. The van der Waals surface area contributed by atoms with Gasteiger partial charge in [0.2, 0.25) is 0 Å². The quantitative estimate of drug-likeness (QED) is 0.580. The van der Waals surface area contributed by atoms with Gasteiger partial charge in [-0.2, -0.15) is 0 Å². The third-order valence-electron chi connectivity index (χ3n) is 6.55. The van der Waals surface area contributed by atoms with Crippen molar-refractivity contribution >= 4 is 10.9 Å². The van der Waals surface area contributed by atoms with E-state index in [9.17, 15) is 0 Å². The maximum absolute atomic E-state index is 4.57. The van der Waals surface area contributed by atoms with Crippen LogP contribution in [0.2, 0.25) is 0 Å². The Labute approximate surface area is 181 Å². The average molecular weight is 405 g/mol. The van der Waals surface area contributed by atoms with Crippen molar-refractivity contribution in [1.29, 1.82) is 0 Å². The fourth-order valence-electron chi connectivity index (χ4n) is 5.05. The van der Waals surface area contributed by atoms with Crippen LogP contribution in [0.3, 0.4) is 0 Å². The number of aromatic nitrogens is 2. The Morgan fingerprint density at radius 1 is 1.10 bits per heavy atom. The second kappa shape index (κ2) is 8.91. The largest absolute Gasteiger partial charge is 0.354 e. The molecule has 1 aliphatic heterocycles. The van der Waals surface area contributed by atoms with Gasteiger partial charge in [0.15, 0.2) is 0 Å². The fraction of sp³-hybridized carbons (Fsp3) is 0.500. The zero-order chi connectivity index (χ0) is 21.3. The number of likely N-dealkylation sites (N-methyl/N-ethyl adjacent to an activating group) is 1. The van der Waals surface area contributed by atoms with Crippen LogP contribution in [0, 0.1) is 13.8 Å². The molecule has 0 amide bonds. The van der Waals surface area contributed by atoms with Crippen LogP contribution < -0.4 is 5.32 Å². The highest BCUT2D eigenvalue weighted by molar-refractivity contribution is 5.92. The van der Waals surface area contributed by atoms with Crippen molar-refractivity contribution in [2.75, 3.05) is 33.2 Å². The number of nitrogens with zero attached hydrogens (tertiary/aromatic N) is 2. The summed E-state index contributed by atoms with van der Waals surface area (Å²) >= 11 is 0. The molecule has 160 valence electrons. The molecule has 0 saturated carbocycles. The number of H-pyrrole nitrogens is 1. The van der Waals surface area contributed by atoms with Crippen molar-refractivity contribution in [2.45, 2.75) is 52.4 Å². The summed E-state index contributed by atoms with van der Waals surface area (Å²) < 4.78 is 0. The van der Waals surface area contributed by atoms with Gasteiger partial charge >= 0.3 is 0 Å². The third-order valence-corrected chi connectivity index (χ3v) is 6.55. The Balaban J connectivity index is 1.67. The molecule has 0 atom stereocenters. The normalized spacial score (nSPS) is 16.1. The number of hydrogen-bond acceptors (Lipinski definition) is 3. The average Bonchev–Trinajstić information content (AvgIpc) is 3.11. The van der Waals surface area contributed by atoms with Gasteiger partial charge in [-0.3, -0.25) is 4.98 Å². The molecule has 1 aromatic carbocycles. The molecule has 0 spiro atoms. The molecule has 3 aromatic rings. The first kappa shape index (κ1) is 21.1. The lowest BCUT2D eigenvalue weighted by Crippen LogP contribution is -2.37. The highest BCUT2D eigenvalue weighted by Gasteiger charge is 2.22. The number of nitrogens with one attached hydrogen (secondary N) is 2. The highest BCUT2D eigenvalue weighted by Crippen LogP contribution is 2.38. The van der Waals surface area contributed by atoms with Gasteiger partial charge in [-0.1, -0.05) is 19.9 Å². The lowest BCUT2D eigenvalue weighted by atomic mass is 9.87. The van der Waals surface area contributed by atoms with Crippen LogP contribution in [0.15, 0.2) is 30.3 Å². The molecule has 0 bridgehead atoms. The van der Waals surface area contributed by atoms with Crippen molar-refractivity contribution in [1.82, 2.24) is 20.2 Å². The van der Waals surface area contributed by atoms with Crippen molar-refractivity contribution in [3.8, 4) is 11.3 Å². The van der Waals surface area contributed by atoms with Crippen LogP contribution in [0.25, 0.3) is 22.2 Å². The van der Waals surface area contributed by atoms with Crippen LogP contribution in [-0.2, 0) is 0 Å². The summed E-state index contributed by atoms with van der Waals surface area (Å²) in [5.74, 6) is 1.13. The van der Waals surface area contributed by atoms with E-state index in [1.54, 1.807) is 0 Å². The number of hydrogen-bond donors (Lipinski definition) is 2. The minimum Gasteiger partial charge on any atom is -0.354 e. The Morgan fingerprint density at radius 3 is 2.43 bits per heavy atom. The standard InChI is InChI=1S/C26H36N4/c1-17(2)25-23-16-21(20-8-11-30(12-9-20)13-10-27-5)6-7-24(23)29-26(25)22-14-18(3)28-19(4)15-22/h6-7,14-17,20,27,29H,8-13H2,1-5H3. The van der Waals surface area contributed by atoms with E-state index in [2.05, 4.69) is 78.2 Å². The topological polar surface area (TPSA) is 44.0 Å². The molecule has 0 aliphatic carbocycles. The first-order valence-corrected chi connectivity index (χ1v) is 11.4. The lowest BCUT2D eigenvalue weighted by molar-refractivity contribution is 0.214. The van der Waals surface area contributed by atoms with Crippen LogP contribution in [0.4, 0.5) is 0 Å². The van der Waals surface area contributed by atoms with Crippen molar-refractivity contribution in [2.24, 2.45) is 0 Å². The number of aromatic amines is 1. The summed E-state index contributed by atoms with van der Waals surface area (Å²) in [5, 5.41) is 4.66. The second-order valence-electron chi connectivity index (χ2n) is 9.23. The Kier molecular flexibility index (Phi) is 6.26. The maximum atomic E-state index is 4.57. The van der Waals surface area contributed by atoms with E-state index >= 15 is 0 Å². The van der Waals surface area contributed by atoms with E-state index in [4.69, 9.17) is 0 Å². The van der Waals surface area contributed by atoms with Crippen LogP contribution >= 0.6 is 0 Å². The van der Waals surface area contributed by atoms with E-state index in [0.717, 1.165) is 24.5 Å². The molecule has 30 heavy (non-hydrogen) atoms. The second-order valence-corrected chi connectivity index (χ2v) is 9.23. The predicted molar refractivity (Wildman–Crippen MR) is 127 cm³/mol. The lowest BCUT2D eigenvalue weighted by Gasteiger charge is -2.32. The summed E-state index contributed by atoms with van der Waals surface area (Å²) in [4.78, 5) is 10.9. The van der Waals surface area contributed by atoms with Crippen molar-refractivity contribution in [3.05, 3.63) is 52.8 Å². The number of piperidine rings is 1. The van der Waals surface area contributed by atoms with E-state index in [-0.39, 0.29) is 0 Å². The molecule has 1 fully saturated rings. The van der Waals surface area contributed by atoms with E-state index in [1.165, 1.54) is 59.2 Å². The maximum Gasteiger partial charge on any atom is 0.0501 e. The van der Waals surface area contributed by atoms with Gasteiger partial charge in [0, 0.05) is 40.9 Å². The number of aryl methyl sites for hydroxylation is 2. The fourth-order valence-corrected chi connectivity index (χ4v) is 5.05. The van der Waals surface area contributed by atoms with Crippen LogP contribution in [-0.4, -0.2) is 48.1 Å². The highest BCUT2D eigenvalue weighted by atomic mass is 15.1. The molecule has 1 saturated heterocycles. The molecular weight excluding hydrogens is 368 g/mol. The molecule has 4 nitrogen and oxygen atoms in total. The van der Waals surface area contributed by atoms with Gasteiger partial charge in [-0.15, -0.1) is 0 Å². The molecule has 4 heteroatoms. The Bertz CT molecular complexity index is 989. The zero-order valence-electron chi connectivity index (χ0n) is 19.2. The summed E-state index contributed by atoms with van der Waals surface area (Å²) in [6, 6.07) is 11.5. The molecule has 1 aliphatic rings.